The van der Waals surface area contributed by atoms with Crippen LogP contribution >= 0.6 is 0 Å². The van der Waals surface area contributed by atoms with Crippen molar-refractivity contribution in [2.24, 2.45) is 5.73 Å². The maximum atomic E-state index is 10.8. The monoisotopic (exact) mass is 214 g/mol. The van der Waals surface area contributed by atoms with Crippen LogP contribution in [0.25, 0.3) is 0 Å². The summed E-state index contributed by atoms with van der Waals surface area (Å²) in [7, 11) is 1.42. The molecule has 0 atom stereocenters. The fourth-order valence-electron chi connectivity index (χ4n) is 1.39. The van der Waals surface area contributed by atoms with E-state index in [1.54, 1.807) is 0 Å². The molecule has 0 heterocycles. The van der Waals surface area contributed by atoms with Crippen molar-refractivity contribution in [3.05, 3.63) is 0 Å². The highest BCUT2D eigenvalue weighted by Gasteiger charge is 1.99. The van der Waals surface area contributed by atoms with Gasteiger partial charge < -0.3 is 10.5 Å². The number of hydrogen-bond donors (Lipinski definition) is 2. The smallest absolute Gasteiger partial charge is 0.305 e. The lowest BCUT2D eigenvalue weighted by atomic mass is 10.1. The molecule has 4 nitrogen and oxygen atoms in total. The highest BCUT2D eigenvalue weighted by atomic mass is 16.5. The normalized spacial score (nSPS) is 9.93. The topological polar surface area (TPSA) is 76.2 Å². The van der Waals surface area contributed by atoms with Crippen molar-refractivity contribution >= 4 is 11.8 Å². The molecule has 0 aliphatic rings. The van der Waals surface area contributed by atoms with Crippen LogP contribution in [0.4, 0.5) is 0 Å². The quantitative estimate of drug-likeness (QED) is 0.267. The molecule has 88 valence electrons. The Kier molecular flexibility index (Phi) is 8.82. The summed E-state index contributed by atoms with van der Waals surface area (Å²) in [5, 5.41) is 7.04. The second-order valence-electron chi connectivity index (χ2n) is 3.72. The molecular formula is C11H22N2O2. The van der Waals surface area contributed by atoms with E-state index in [1.807, 2.05) is 0 Å². The van der Waals surface area contributed by atoms with E-state index >= 15 is 0 Å². The van der Waals surface area contributed by atoms with E-state index in [0.717, 1.165) is 38.5 Å². The second kappa shape index (κ2) is 9.49. The van der Waals surface area contributed by atoms with Crippen LogP contribution in [0.5, 0.6) is 0 Å². The van der Waals surface area contributed by atoms with Gasteiger partial charge in [-0.2, -0.15) is 0 Å². The molecule has 0 amide bonds. The van der Waals surface area contributed by atoms with Crippen LogP contribution < -0.4 is 5.73 Å². The van der Waals surface area contributed by atoms with Crippen molar-refractivity contribution in [1.82, 2.24) is 0 Å². The lowest BCUT2D eigenvalue weighted by Gasteiger charge is -2.01. The highest BCUT2D eigenvalue weighted by Crippen LogP contribution is 2.08. The van der Waals surface area contributed by atoms with Crippen LogP contribution in [-0.2, 0) is 9.53 Å². The van der Waals surface area contributed by atoms with Gasteiger partial charge in [0.2, 0.25) is 0 Å². The van der Waals surface area contributed by atoms with Gasteiger partial charge in [0, 0.05) is 12.8 Å². The van der Waals surface area contributed by atoms with Gasteiger partial charge in [-0.3, -0.25) is 10.2 Å². The number of nitrogens with two attached hydrogens (primary N) is 1. The van der Waals surface area contributed by atoms with Crippen LogP contribution in [0.3, 0.4) is 0 Å². The van der Waals surface area contributed by atoms with Crippen molar-refractivity contribution in [3.63, 3.8) is 0 Å². The molecule has 15 heavy (non-hydrogen) atoms. The van der Waals surface area contributed by atoms with Crippen molar-refractivity contribution in [1.29, 1.82) is 5.41 Å². The maximum absolute atomic E-state index is 10.8. The molecule has 0 aromatic carbocycles. The standard InChI is InChI=1S/C11H22N2O2/c1-15-11(14)9-7-5-3-2-4-6-8-10(12)13/h2-9H2,1H3,(H3,12,13). The van der Waals surface area contributed by atoms with Gasteiger partial charge in [0.05, 0.1) is 12.9 Å². The molecule has 0 aromatic heterocycles. The van der Waals surface area contributed by atoms with Gasteiger partial charge in [-0.05, 0) is 12.8 Å². The second-order valence-corrected chi connectivity index (χ2v) is 3.72. The van der Waals surface area contributed by atoms with E-state index in [9.17, 15) is 4.79 Å². The molecule has 3 N–H and O–H groups in total. The Balaban J connectivity index is 3.05. The molecule has 0 aliphatic heterocycles. The predicted molar refractivity (Wildman–Crippen MR) is 60.9 cm³/mol. The van der Waals surface area contributed by atoms with Crippen molar-refractivity contribution < 1.29 is 9.53 Å². The first-order valence-corrected chi connectivity index (χ1v) is 5.56. The average molecular weight is 214 g/mol. The lowest BCUT2D eigenvalue weighted by Crippen LogP contribution is -2.08. The van der Waals surface area contributed by atoms with E-state index in [2.05, 4.69) is 4.74 Å². The van der Waals surface area contributed by atoms with Crippen molar-refractivity contribution in [2.45, 2.75) is 51.4 Å². The van der Waals surface area contributed by atoms with E-state index in [-0.39, 0.29) is 11.8 Å². The fraction of sp³-hybridized carbons (Fsp3) is 0.818. The number of ether oxygens (including phenoxy) is 1. The molecule has 0 saturated carbocycles. The first-order valence-electron chi connectivity index (χ1n) is 5.56. The summed E-state index contributed by atoms with van der Waals surface area (Å²) in [5.74, 6) is 0.160. The zero-order valence-electron chi connectivity index (χ0n) is 9.55. The zero-order chi connectivity index (χ0) is 11.5. The van der Waals surface area contributed by atoms with Crippen LogP contribution in [0.1, 0.15) is 51.4 Å². The largest absolute Gasteiger partial charge is 0.469 e. The third-order valence-electron chi connectivity index (χ3n) is 2.30. The van der Waals surface area contributed by atoms with Gasteiger partial charge in [0.1, 0.15) is 0 Å². The minimum atomic E-state index is -0.119. The third-order valence-corrected chi connectivity index (χ3v) is 2.30. The fourth-order valence-corrected chi connectivity index (χ4v) is 1.39. The first-order chi connectivity index (χ1) is 7.16. The van der Waals surface area contributed by atoms with E-state index < -0.39 is 0 Å². The molecule has 0 saturated heterocycles. The molecular weight excluding hydrogens is 192 g/mol. The van der Waals surface area contributed by atoms with Gasteiger partial charge in [-0.15, -0.1) is 0 Å². The summed E-state index contributed by atoms with van der Waals surface area (Å²) < 4.78 is 4.55. The van der Waals surface area contributed by atoms with Crippen LogP contribution in [-0.4, -0.2) is 18.9 Å². The summed E-state index contributed by atoms with van der Waals surface area (Å²) in [4.78, 5) is 10.8. The summed E-state index contributed by atoms with van der Waals surface area (Å²) in [6.45, 7) is 0. The highest BCUT2D eigenvalue weighted by molar-refractivity contribution is 5.76. The third kappa shape index (κ3) is 10.9. The van der Waals surface area contributed by atoms with E-state index in [0.29, 0.717) is 12.8 Å². The van der Waals surface area contributed by atoms with Gasteiger partial charge in [-0.1, -0.05) is 25.7 Å². The Morgan fingerprint density at radius 3 is 2.00 bits per heavy atom. The lowest BCUT2D eigenvalue weighted by molar-refractivity contribution is -0.140. The average Bonchev–Trinajstić information content (AvgIpc) is 2.21. The Bertz CT molecular complexity index is 193. The maximum Gasteiger partial charge on any atom is 0.305 e. The zero-order valence-corrected chi connectivity index (χ0v) is 9.55. The molecule has 0 spiro atoms. The van der Waals surface area contributed by atoms with Gasteiger partial charge >= 0.3 is 5.97 Å². The number of carbonyl (C=O) groups is 1. The molecule has 0 fully saturated rings. The van der Waals surface area contributed by atoms with E-state index in [1.165, 1.54) is 7.11 Å². The first kappa shape index (κ1) is 13.9. The van der Waals surface area contributed by atoms with Gasteiger partial charge in [-0.25, -0.2) is 0 Å². The number of amidine groups is 1. The Morgan fingerprint density at radius 1 is 1.07 bits per heavy atom. The number of unbranched alkanes of at least 4 members (excludes halogenated alkanes) is 5. The summed E-state index contributed by atoms with van der Waals surface area (Å²) in [6.07, 6.45) is 7.67. The van der Waals surface area contributed by atoms with Crippen molar-refractivity contribution in [3.8, 4) is 0 Å². The van der Waals surface area contributed by atoms with E-state index in [4.69, 9.17) is 11.1 Å². The molecule has 0 unspecified atom stereocenters. The van der Waals surface area contributed by atoms with Crippen LogP contribution in [0.15, 0.2) is 0 Å². The van der Waals surface area contributed by atoms with Crippen molar-refractivity contribution in [2.75, 3.05) is 7.11 Å². The van der Waals surface area contributed by atoms with Gasteiger partial charge in [0.15, 0.2) is 0 Å². The summed E-state index contributed by atoms with van der Waals surface area (Å²) in [5.41, 5.74) is 5.24. The van der Waals surface area contributed by atoms with Gasteiger partial charge in [0.25, 0.3) is 0 Å². The number of rotatable bonds is 9. The summed E-state index contributed by atoms with van der Waals surface area (Å²) >= 11 is 0. The minimum Gasteiger partial charge on any atom is -0.469 e. The molecule has 0 aliphatic carbocycles. The summed E-state index contributed by atoms with van der Waals surface area (Å²) in [6, 6.07) is 0. The molecule has 0 radical (unpaired) electrons. The predicted octanol–water partition coefficient (Wildman–Crippen LogP) is 2.22. The minimum absolute atomic E-state index is 0.119. The number of nitrogens with one attached hydrogen (secondary N) is 1. The SMILES string of the molecule is COC(=O)CCCCCCCCC(=N)N. The Hall–Kier alpha value is -1.06. The Labute approximate surface area is 91.7 Å². The molecule has 0 rings (SSSR count). The molecule has 0 aromatic rings. The number of carbonyl (C=O) groups excluding carboxylic acids is 1. The van der Waals surface area contributed by atoms with Crippen LogP contribution in [0.2, 0.25) is 0 Å². The molecule has 0 bridgehead atoms. The number of methoxy groups -OCH3 is 1. The Morgan fingerprint density at radius 2 is 1.53 bits per heavy atom. The van der Waals surface area contributed by atoms with Crippen LogP contribution in [0, 0.1) is 5.41 Å². The number of hydrogen-bond acceptors (Lipinski definition) is 3. The number of esters is 1. The molecule has 4 heteroatoms.